The molecule has 2 aromatic carbocycles. The monoisotopic (exact) mass is 518 g/mol. The summed E-state index contributed by atoms with van der Waals surface area (Å²) < 4.78 is 21.6. The molecule has 3 N–H and O–H groups in total. The van der Waals surface area contributed by atoms with Crippen LogP contribution in [0.1, 0.15) is 18.1 Å². The predicted octanol–water partition coefficient (Wildman–Crippen LogP) is 2.76. The number of Topliss-reactive ketones (excluding diaryl/α,β-unsaturated/α-hetero) is 1. The Labute approximate surface area is 218 Å². The lowest BCUT2D eigenvalue weighted by atomic mass is 10.0. The van der Waals surface area contributed by atoms with Gasteiger partial charge in [0.1, 0.15) is 23.7 Å². The Morgan fingerprint density at radius 2 is 1.89 bits per heavy atom. The van der Waals surface area contributed by atoms with E-state index < -0.39 is 24.1 Å². The Balaban J connectivity index is 1.37. The number of carbonyl (C=O) groups is 3. The highest BCUT2D eigenvalue weighted by Crippen LogP contribution is 2.29. The third kappa shape index (κ3) is 6.04. The fourth-order valence-corrected chi connectivity index (χ4v) is 3.99. The molecule has 2 heterocycles. The second-order valence-corrected chi connectivity index (χ2v) is 8.99. The van der Waals surface area contributed by atoms with E-state index in [0.29, 0.717) is 16.8 Å². The quantitative estimate of drug-likeness (QED) is 0.442. The lowest BCUT2D eigenvalue weighted by Crippen LogP contribution is -2.43. The standard InChI is InChI=1S/C28H27FN4O5/c1-17(34)27(30)24-16-33(28(37)38-24)21-9-10-22(23(29)13-21)20-7-3-18(4-8-20)14-31-25(35)11-5-19-6-12-26(36)32(2)15-19/h3-13,15,24,27H,14,16,30H2,1-2H3,(H,31,35)/b11-5+/t24?,27-/m1/s1. The van der Waals surface area contributed by atoms with Crippen LogP contribution in [-0.2, 0) is 27.9 Å². The fraction of sp³-hybridized carbons (Fsp3) is 0.214. The number of nitrogens with two attached hydrogens (primary N) is 1. The first-order chi connectivity index (χ1) is 18.1. The summed E-state index contributed by atoms with van der Waals surface area (Å²) in [6.45, 7) is 1.65. The van der Waals surface area contributed by atoms with E-state index in [9.17, 15) is 23.6 Å². The molecule has 2 atom stereocenters. The van der Waals surface area contributed by atoms with Gasteiger partial charge in [0.15, 0.2) is 0 Å². The second-order valence-electron chi connectivity index (χ2n) is 8.99. The third-order valence-corrected chi connectivity index (χ3v) is 6.24. The van der Waals surface area contributed by atoms with Crippen molar-refractivity contribution in [3.63, 3.8) is 0 Å². The molecule has 1 saturated heterocycles. The van der Waals surface area contributed by atoms with Gasteiger partial charge in [0, 0.05) is 37.5 Å². The number of ketones is 1. The summed E-state index contributed by atoms with van der Waals surface area (Å²) in [5.41, 5.74) is 8.47. The first-order valence-corrected chi connectivity index (χ1v) is 11.9. The van der Waals surface area contributed by atoms with E-state index in [1.165, 1.54) is 34.6 Å². The van der Waals surface area contributed by atoms with Crippen LogP contribution in [0.25, 0.3) is 17.2 Å². The van der Waals surface area contributed by atoms with Crippen LogP contribution in [0.15, 0.2) is 71.7 Å². The average Bonchev–Trinajstić information content (AvgIpc) is 3.29. The Hall–Kier alpha value is -4.57. The van der Waals surface area contributed by atoms with Crippen molar-refractivity contribution < 1.29 is 23.5 Å². The van der Waals surface area contributed by atoms with E-state index in [2.05, 4.69) is 5.32 Å². The van der Waals surface area contributed by atoms with E-state index in [1.54, 1.807) is 61.8 Å². The SMILES string of the molecule is CC(=O)[C@@H](N)C1CN(c2ccc(-c3ccc(CNC(=O)/C=C/c4ccc(=O)n(C)c4)cc3)c(F)c2)C(=O)O1. The molecule has 4 rings (SSSR count). The molecule has 0 spiro atoms. The van der Waals surface area contributed by atoms with E-state index in [0.717, 1.165) is 11.1 Å². The van der Waals surface area contributed by atoms with Gasteiger partial charge in [-0.15, -0.1) is 0 Å². The molecule has 1 unspecified atom stereocenters. The van der Waals surface area contributed by atoms with E-state index in [4.69, 9.17) is 10.5 Å². The number of halogens is 1. The zero-order chi connectivity index (χ0) is 27.4. The van der Waals surface area contributed by atoms with Gasteiger partial charge in [-0.25, -0.2) is 9.18 Å². The summed E-state index contributed by atoms with van der Waals surface area (Å²) in [6, 6.07) is 13.6. The van der Waals surface area contributed by atoms with Crippen molar-refractivity contribution in [2.24, 2.45) is 12.8 Å². The highest BCUT2D eigenvalue weighted by molar-refractivity contribution is 5.92. The normalized spacial score (nSPS) is 15.9. The summed E-state index contributed by atoms with van der Waals surface area (Å²) in [6.07, 6.45) is 3.16. The number of nitrogens with one attached hydrogen (secondary N) is 1. The second kappa shape index (κ2) is 11.2. The Morgan fingerprint density at radius 3 is 2.55 bits per heavy atom. The molecule has 38 heavy (non-hydrogen) atoms. The zero-order valence-electron chi connectivity index (χ0n) is 20.9. The van der Waals surface area contributed by atoms with Crippen LogP contribution >= 0.6 is 0 Å². The van der Waals surface area contributed by atoms with Crippen LogP contribution in [-0.4, -0.2) is 41.0 Å². The first-order valence-electron chi connectivity index (χ1n) is 11.9. The molecule has 0 saturated carbocycles. The number of cyclic esters (lactones) is 1. The summed E-state index contributed by atoms with van der Waals surface area (Å²) in [7, 11) is 1.63. The molecule has 1 fully saturated rings. The lowest BCUT2D eigenvalue weighted by molar-refractivity contribution is -0.120. The third-order valence-electron chi connectivity index (χ3n) is 6.24. The predicted molar refractivity (Wildman–Crippen MR) is 141 cm³/mol. The number of hydrogen-bond acceptors (Lipinski definition) is 6. The minimum Gasteiger partial charge on any atom is -0.442 e. The van der Waals surface area contributed by atoms with Crippen molar-refractivity contribution in [2.45, 2.75) is 25.6 Å². The van der Waals surface area contributed by atoms with Crippen molar-refractivity contribution in [1.29, 1.82) is 0 Å². The van der Waals surface area contributed by atoms with Crippen LogP contribution in [0.5, 0.6) is 0 Å². The van der Waals surface area contributed by atoms with Crippen molar-refractivity contribution >= 4 is 29.5 Å². The van der Waals surface area contributed by atoms with E-state index >= 15 is 0 Å². The van der Waals surface area contributed by atoms with Gasteiger partial charge in [0.05, 0.1) is 12.2 Å². The number of anilines is 1. The number of nitrogens with zero attached hydrogens (tertiary/aromatic N) is 2. The highest BCUT2D eigenvalue weighted by atomic mass is 19.1. The number of carbonyl (C=O) groups excluding carboxylic acids is 3. The van der Waals surface area contributed by atoms with E-state index in [1.807, 2.05) is 0 Å². The van der Waals surface area contributed by atoms with Crippen LogP contribution < -0.4 is 21.5 Å². The minimum absolute atomic E-state index is 0.0546. The summed E-state index contributed by atoms with van der Waals surface area (Å²) in [5, 5.41) is 2.78. The van der Waals surface area contributed by atoms with Gasteiger partial charge in [-0.2, -0.15) is 0 Å². The lowest BCUT2D eigenvalue weighted by Gasteiger charge is -2.16. The van der Waals surface area contributed by atoms with Gasteiger partial charge in [0.2, 0.25) is 11.5 Å². The number of hydrogen-bond donors (Lipinski definition) is 2. The maximum absolute atomic E-state index is 15.0. The highest BCUT2D eigenvalue weighted by Gasteiger charge is 2.37. The molecule has 10 heteroatoms. The molecule has 1 aliphatic heterocycles. The summed E-state index contributed by atoms with van der Waals surface area (Å²) in [4.78, 5) is 48.6. The number of rotatable bonds is 8. The molecular weight excluding hydrogens is 491 g/mol. The van der Waals surface area contributed by atoms with Crippen LogP contribution in [0, 0.1) is 5.82 Å². The van der Waals surface area contributed by atoms with Crippen molar-refractivity contribution in [1.82, 2.24) is 9.88 Å². The molecule has 0 bridgehead atoms. The van der Waals surface area contributed by atoms with Crippen molar-refractivity contribution in [3.05, 3.63) is 94.2 Å². The van der Waals surface area contributed by atoms with Gasteiger partial charge in [-0.1, -0.05) is 24.3 Å². The topological polar surface area (TPSA) is 124 Å². The number of aryl methyl sites for hydroxylation is 1. The maximum atomic E-state index is 15.0. The number of aromatic nitrogens is 1. The van der Waals surface area contributed by atoms with Crippen LogP contribution in [0.3, 0.4) is 0 Å². The van der Waals surface area contributed by atoms with Gasteiger partial charge in [-0.05, 0) is 54.0 Å². The molecule has 1 aromatic heterocycles. The summed E-state index contributed by atoms with van der Waals surface area (Å²) in [5.74, 6) is -1.12. The largest absolute Gasteiger partial charge is 0.442 e. The van der Waals surface area contributed by atoms with Crippen LogP contribution in [0.2, 0.25) is 0 Å². The smallest absolute Gasteiger partial charge is 0.414 e. The van der Waals surface area contributed by atoms with Gasteiger partial charge >= 0.3 is 6.09 Å². The average molecular weight is 519 g/mol. The van der Waals surface area contributed by atoms with Crippen LogP contribution in [0.4, 0.5) is 14.9 Å². The Kier molecular flexibility index (Phi) is 7.82. The summed E-state index contributed by atoms with van der Waals surface area (Å²) >= 11 is 0. The molecule has 9 nitrogen and oxygen atoms in total. The Morgan fingerprint density at radius 1 is 1.16 bits per heavy atom. The van der Waals surface area contributed by atoms with Crippen molar-refractivity contribution in [3.8, 4) is 11.1 Å². The number of amides is 2. The van der Waals surface area contributed by atoms with Gasteiger partial charge in [-0.3, -0.25) is 19.3 Å². The number of pyridine rings is 1. The molecular formula is C28H27FN4O5. The molecule has 2 amide bonds. The fourth-order valence-electron chi connectivity index (χ4n) is 3.99. The van der Waals surface area contributed by atoms with E-state index in [-0.39, 0.29) is 30.3 Å². The van der Waals surface area contributed by atoms with Gasteiger partial charge < -0.3 is 20.4 Å². The van der Waals surface area contributed by atoms with Crippen molar-refractivity contribution in [2.75, 3.05) is 11.4 Å². The molecule has 196 valence electrons. The minimum atomic E-state index is -0.937. The number of benzene rings is 2. The molecule has 0 radical (unpaired) electrons. The first kappa shape index (κ1) is 26.5. The number of ether oxygens (including phenoxy) is 1. The Bertz CT molecular complexity index is 1460. The maximum Gasteiger partial charge on any atom is 0.414 e. The molecule has 3 aromatic rings. The zero-order valence-corrected chi connectivity index (χ0v) is 20.9. The van der Waals surface area contributed by atoms with Gasteiger partial charge in [0.25, 0.3) is 0 Å². The molecule has 0 aliphatic carbocycles. The molecule has 1 aliphatic rings.